The van der Waals surface area contributed by atoms with Gasteiger partial charge in [0.1, 0.15) is 5.75 Å². The molecule has 0 saturated carbocycles. The molecule has 240 valence electrons. The van der Waals surface area contributed by atoms with Gasteiger partial charge in [-0.15, -0.1) is 12.4 Å². The van der Waals surface area contributed by atoms with Crippen molar-refractivity contribution in [2.24, 2.45) is 0 Å². The highest BCUT2D eigenvalue weighted by Crippen LogP contribution is 2.33. The largest absolute Gasteiger partial charge is 0.494 e. The van der Waals surface area contributed by atoms with Crippen LogP contribution in [0.1, 0.15) is 34.6 Å². The van der Waals surface area contributed by atoms with Crippen molar-refractivity contribution in [2.75, 3.05) is 26.3 Å². The van der Waals surface area contributed by atoms with Crippen molar-refractivity contribution >= 4 is 58.8 Å². The van der Waals surface area contributed by atoms with Crippen molar-refractivity contribution in [1.82, 2.24) is 5.32 Å². The molecule has 45 heavy (non-hydrogen) atoms. The molecule has 0 spiro atoms. The molecular weight excluding hydrogens is 676 g/mol. The van der Waals surface area contributed by atoms with E-state index in [1.54, 1.807) is 12.1 Å². The van der Waals surface area contributed by atoms with Crippen LogP contribution in [0.4, 0.5) is 0 Å². The fourth-order valence-electron chi connectivity index (χ4n) is 5.18. The zero-order chi connectivity index (χ0) is 30.7. The van der Waals surface area contributed by atoms with E-state index in [9.17, 15) is 0 Å². The Bertz CT molecular complexity index is 1410. The second-order valence-corrected chi connectivity index (χ2v) is 12.3. The first-order chi connectivity index (χ1) is 21.5. The van der Waals surface area contributed by atoms with Crippen molar-refractivity contribution in [1.29, 1.82) is 0 Å². The molecule has 0 aliphatic carbocycles. The predicted molar refractivity (Wildman–Crippen MR) is 186 cm³/mol. The Kier molecular flexibility index (Phi) is 14.6. The number of piperidine rings is 1. The van der Waals surface area contributed by atoms with Gasteiger partial charge in [0.05, 0.1) is 65.3 Å². The molecule has 0 radical (unpaired) electrons. The van der Waals surface area contributed by atoms with Gasteiger partial charge in [-0.3, -0.25) is 0 Å². The predicted octanol–water partition coefficient (Wildman–Crippen LogP) is 9.57. The molecule has 5 rings (SSSR count). The van der Waals surface area contributed by atoms with Crippen LogP contribution in [0.25, 0.3) is 0 Å². The average molecular weight is 712 g/mol. The number of nitrogens with one attached hydrogen (secondary N) is 1. The van der Waals surface area contributed by atoms with Gasteiger partial charge in [0.2, 0.25) is 0 Å². The lowest BCUT2D eigenvalue weighted by Crippen LogP contribution is -2.50. The van der Waals surface area contributed by atoms with Crippen LogP contribution in [0, 0.1) is 0 Å². The molecule has 4 aromatic rings. The minimum absolute atomic E-state index is 0. The van der Waals surface area contributed by atoms with Gasteiger partial charge in [-0.2, -0.15) is 0 Å². The van der Waals surface area contributed by atoms with Crippen molar-refractivity contribution in [3.8, 4) is 5.75 Å². The Hall–Kier alpha value is -2.03. The standard InChI is InChI=1S/C35H35Cl4NO4.ClH/c36-29-13-7-25(17-31(29)38)22-43-33-19-40-20-34(44-23-26-8-14-30(37)32(39)18-26)35(33)27-9-11-28(12-10-27)42-16-4-15-41-21-24-5-2-1-3-6-24;/h1-3,5-14,17-18,33-35,40H,4,15-16,19-23H2;1H/t33-,34+,35?;. The van der Waals surface area contributed by atoms with E-state index < -0.39 is 0 Å². The van der Waals surface area contributed by atoms with Gasteiger partial charge in [0.25, 0.3) is 0 Å². The molecule has 0 aromatic heterocycles. The summed E-state index contributed by atoms with van der Waals surface area (Å²) in [6.07, 6.45) is 0.508. The van der Waals surface area contributed by atoms with Crippen molar-refractivity contribution in [3.63, 3.8) is 0 Å². The van der Waals surface area contributed by atoms with Gasteiger partial charge in [0.15, 0.2) is 0 Å². The summed E-state index contributed by atoms with van der Waals surface area (Å²) >= 11 is 24.7. The SMILES string of the molecule is Cl.Clc1ccc(CO[C@H]2CNC[C@@H](OCc3ccc(Cl)c(Cl)c3)C2c2ccc(OCCCOCc3ccccc3)cc2)cc1Cl. The van der Waals surface area contributed by atoms with Crippen LogP contribution in [-0.4, -0.2) is 38.5 Å². The highest BCUT2D eigenvalue weighted by atomic mass is 35.5. The first-order valence-corrected chi connectivity index (χ1v) is 16.1. The minimum Gasteiger partial charge on any atom is -0.494 e. The van der Waals surface area contributed by atoms with Gasteiger partial charge in [0, 0.05) is 25.4 Å². The van der Waals surface area contributed by atoms with Crippen molar-refractivity contribution in [3.05, 3.63) is 133 Å². The minimum atomic E-state index is -0.148. The number of rotatable bonds is 14. The summed E-state index contributed by atoms with van der Waals surface area (Å²) in [4.78, 5) is 0. The molecule has 0 amide bonds. The van der Waals surface area contributed by atoms with Crippen LogP contribution in [0.3, 0.4) is 0 Å². The molecule has 1 saturated heterocycles. The molecule has 1 unspecified atom stereocenters. The smallest absolute Gasteiger partial charge is 0.119 e. The van der Waals surface area contributed by atoms with Gasteiger partial charge in [-0.25, -0.2) is 0 Å². The van der Waals surface area contributed by atoms with Crippen LogP contribution in [0.5, 0.6) is 5.75 Å². The van der Waals surface area contributed by atoms with E-state index in [-0.39, 0.29) is 30.5 Å². The Balaban J connectivity index is 0.00000461. The summed E-state index contributed by atoms with van der Waals surface area (Å²) in [6.45, 7) is 3.97. The number of halogens is 5. The molecule has 1 aliphatic rings. The first-order valence-electron chi connectivity index (χ1n) is 14.6. The summed E-state index contributed by atoms with van der Waals surface area (Å²) < 4.78 is 24.7. The number of hydrogen-bond acceptors (Lipinski definition) is 5. The quantitative estimate of drug-likeness (QED) is 0.132. The van der Waals surface area contributed by atoms with Gasteiger partial charge in [-0.05, 0) is 58.7 Å². The molecule has 1 fully saturated rings. The van der Waals surface area contributed by atoms with Crippen molar-refractivity contribution in [2.45, 2.75) is 44.4 Å². The third-order valence-corrected chi connectivity index (χ3v) is 8.94. The second kappa shape index (κ2) is 18.3. The first kappa shape index (κ1) is 35.8. The second-order valence-electron chi connectivity index (χ2n) is 10.7. The van der Waals surface area contributed by atoms with E-state index >= 15 is 0 Å². The Morgan fingerprint density at radius 1 is 0.600 bits per heavy atom. The Labute approximate surface area is 291 Å². The zero-order valence-corrected chi connectivity index (χ0v) is 28.4. The average Bonchev–Trinajstić information content (AvgIpc) is 3.04. The molecule has 0 bridgehead atoms. The maximum Gasteiger partial charge on any atom is 0.119 e. The molecular formula is C35H36Cl5NO4. The van der Waals surface area contributed by atoms with E-state index in [0.717, 1.165) is 28.9 Å². The zero-order valence-electron chi connectivity index (χ0n) is 24.6. The Morgan fingerprint density at radius 2 is 1.18 bits per heavy atom. The molecule has 10 heteroatoms. The maximum atomic E-state index is 6.48. The third-order valence-electron chi connectivity index (χ3n) is 7.47. The van der Waals surface area contributed by atoms with Crippen LogP contribution in [0.15, 0.2) is 91.0 Å². The van der Waals surface area contributed by atoms with Gasteiger partial charge < -0.3 is 24.3 Å². The van der Waals surface area contributed by atoms with Gasteiger partial charge in [-0.1, -0.05) is 101 Å². The normalized spacial score (nSPS) is 17.9. The van der Waals surface area contributed by atoms with Crippen LogP contribution in [0.2, 0.25) is 20.1 Å². The third kappa shape index (κ3) is 10.8. The Morgan fingerprint density at radius 3 is 1.73 bits per heavy atom. The number of benzene rings is 4. The summed E-state index contributed by atoms with van der Waals surface area (Å²) in [7, 11) is 0. The topological polar surface area (TPSA) is 49.0 Å². The van der Waals surface area contributed by atoms with E-state index in [0.29, 0.717) is 66.2 Å². The van der Waals surface area contributed by atoms with Crippen LogP contribution >= 0.6 is 58.8 Å². The number of hydrogen-bond donors (Lipinski definition) is 1. The van der Waals surface area contributed by atoms with E-state index in [2.05, 4.69) is 29.6 Å². The molecule has 3 atom stereocenters. The molecule has 1 N–H and O–H groups in total. The molecule has 1 aliphatic heterocycles. The maximum absolute atomic E-state index is 6.48. The summed E-state index contributed by atoms with van der Waals surface area (Å²) in [6, 6.07) is 29.5. The van der Waals surface area contributed by atoms with Gasteiger partial charge >= 0.3 is 0 Å². The van der Waals surface area contributed by atoms with E-state index in [4.69, 9.17) is 65.4 Å². The van der Waals surface area contributed by atoms with E-state index in [1.807, 2.05) is 54.6 Å². The molecule has 4 aromatic carbocycles. The monoisotopic (exact) mass is 709 g/mol. The lowest BCUT2D eigenvalue weighted by molar-refractivity contribution is -0.0650. The highest BCUT2D eigenvalue weighted by molar-refractivity contribution is 6.42. The van der Waals surface area contributed by atoms with Crippen LogP contribution < -0.4 is 10.1 Å². The fourth-order valence-corrected chi connectivity index (χ4v) is 5.82. The lowest BCUT2D eigenvalue weighted by Gasteiger charge is -2.39. The van der Waals surface area contributed by atoms with E-state index in [1.165, 1.54) is 5.56 Å². The lowest BCUT2D eigenvalue weighted by atomic mass is 9.85. The summed E-state index contributed by atoms with van der Waals surface area (Å²) in [5.74, 6) is 0.787. The van der Waals surface area contributed by atoms with Crippen molar-refractivity contribution < 1.29 is 18.9 Å². The summed E-state index contributed by atoms with van der Waals surface area (Å²) in [5.41, 5.74) is 4.19. The molecule has 5 nitrogen and oxygen atoms in total. The highest BCUT2D eigenvalue weighted by Gasteiger charge is 2.36. The fraction of sp³-hybridized carbons (Fsp3) is 0.314. The molecule has 1 heterocycles. The van der Waals surface area contributed by atoms with Crippen LogP contribution in [-0.2, 0) is 34.0 Å². The summed E-state index contributed by atoms with van der Waals surface area (Å²) in [5, 5.41) is 5.53. The number of ether oxygens (including phenoxy) is 4.